The second-order valence-corrected chi connectivity index (χ2v) is 17.4. The largest absolute Gasteiger partial charge is 0.456 e. The number of Topliss-reactive ketones (excluding diaryl/α,β-unsaturated/α-hetero) is 1. The highest BCUT2D eigenvalue weighted by molar-refractivity contribution is 5.95. The van der Waals surface area contributed by atoms with E-state index < -0.39 is 113 Å². The topological polar surface area (TPSA) is 234 Å². The monoisotopic (exact) mass is 890 g/mol. The van der Waals surface area contributed by atoms with Crippen molar-refractivity contribution in [2.45, 2.75) is 141 Å². The number of carbonyl (C=O) groups is 6. The fourth-order valence-electron chi connectivity index (χ4n) is 10.1. The van der Waals surface area contributed by atoms with E-state index in [4.69, 9.17) is 23.7 Å². The number of hydrogen-bond donors (Lipinski definition) is 4. The summed E-state index contributed by atoms with van der Waals surface area (Å²) in [5.41, 5.74) is -7.21. The van der Waals surface area contributed by atoms with Gasteiger partial charge in [-0.15, -0.1) is 0 Å². The van der Waals surface area contributed by atoms with Crippen LogP contribution in [0.25, 0.3) is 0 Å². The maximum Gasteiger partial charge on any atom is 0.338 e. The first-order valence-corrected chi connectivity index (χ1v) is 21.8. The highest BCUT2D eigenvalue weighted by atomic mass is 16.6. The first-order chi connectivity index (χ1) is 30.2. The number of rotatable bonds is 13. The molecule has 1 amide bonds. The molecule has 2 aromatic carbocycles. The molecule has 6 rings (SSSR count). The van der Waals surface area contributed by atoms with E-state index in [1.165, 1.54) is 26.0 Å². The van der Waals surface area contributed by atoms with Crippen LogP contribution in [0.4, 0.5) is 0 Å². The van der Waals surface area contributed by atoms with Crippen molar-refractivity contribution in [2.75, 3.05) is 13.7 Å². The lowest BCUT2D eigenvalue weighted by Gasteiger charge is -2.67. The molecule has 64 heavy (non-hydrogen) atoms. The molecule has 0 radical (unpaired) electrons. The summed E-state index contributed by atoms with van der Waals surface area (Å²) in [6.45, 7) is 12.0. The van der Waals surface area contributed by atoms with Gasteiger partial charge in [0.2, 0.25) is 5.91 Å². The number of ether oxygens (including phenoxy) is 5. The third-order valence-electron chi connectivity index (χ3n) is 13.4. The van der Waals surface area contributed by atoms with Gasteiger partial charge in [-0.2, -0.15) is 0 Å². The van der Waals surface area contributed by atoms with Crippen LogP contribution in [0, 0.1) is 16.7 Å². The molecule has 3 aliphatic carbocycles. The van der Waals surface area contributed by atoms with Crippen molar-refractivity contribution in [3.8, 4) is 0 Å². The van der Waals surface area contributed by atoms with Crippen molar-refractivity contribution in [1.29, 1.82) is 0 Å². The van der Waals surface area contributed by atoms with Gasteiger partial charge in [-0.3, -0.25) is 19.2 Å². The van der Waals surface area contributed by atoms with Crippen molar-refractivity contribution < 1.29 is 67.8 Å². The number of aliphatic hydroxyl groups is 3. The van der Waals surface area contributed by atoms with Gasteiger partial charge in [0.25, 0.3) is 0 Å². The lowest BCUT2D eigenvalue weighted by atomic mass is 9.44. The van der Waals surface area contributed by atoms with E-state index in [1.807, 2.05) is 13.8 Å². The molecule has 16 heteroatoms. The number of nitrogens with zero attached hydrogens (tertiary/aromatic N) is 1. The Morgan fingerprint density at radius 1 is 0.953 bits per heavy atom. The molecular weight excluding hydrogens is 829 g/mol. The smallest absolute Gasteiger partial charge is 0.338 e. The summed E-state index contributed by atoms with van der Waals surface area (Å²) in [5.74, 6) is -6.66. The van der Waals surface area contributed by atoms with Crippen LogP contribution in [0.5, 0.6) is 0 Å². The fraction of sp³-hybridized carbons (Fsp3) is 0.562. The van der Waals surface area contributed by atoms with E-state index in [0.29, 0.717) is 18.4 Å². The van der Waals surface area contributed by atoms with Gasteiger partial charge in [0, 0.05) is 45.6 Å². The second kappa shape index (κ2) is 19.8. The molecule has 1 heterocycles. The Morgan fingerprint density at radius 3 is 2.14 bits per heavy atom. The Hall–Kier alpha value is -5.29. The molecule has 1 saturated heterocycles. The summed E-state index contributed by atoms with van der Waals surface area (Å²) < 4.78 is 30.3. The first-order valence-electron chi connectivity index (χ1n) is 21.8. The number of benzene rings is 2. The van der Waals surface area contributed by atoms with Crippen LogP contribution in [0.1, 0.15) is 109 Å². The highest BCUT2D eigenvalue weighted by Crippen LogP contribution is 2.64. The number of unbranched alkanes of at least 4 members (excludes halogenated alkanes) is 1. The molecule has 0 aromatic heterocycles. The number of ketones is 1. The Kier molecular flexibility index (Phi) is 15.4. The van der Waals surface area contributed by atoms with Gasteiger partial charge in [0.15, 0.2) is 23.6 Å². The molecule has 2 saturated carbocycles. The predicted molar refractivity (Wildman–Crippen MR) is 232 cm³/mol. The molecule has 0 unspecified atom stereocenters. The molecule has 1 aliphatic heterocycles. The number of carbonyl (C=O) groups excluding carboxylic acids is 6. The standard InChI is InChI=1S/C46H56N2O14.C2H6/c1-25-30(60-42(56)36(53)35(28-16-10-8-11-17-28)48-33(52)20-14-15-21-47-7)23-46(57)40(61-41(55)29-18-12-9-13-19-29)38-44(6,31(51)22-32-45(38,24-58-32)62-27(3)50)39(54)37(59-26(2)49)34(25)43(46,4)5;1-2/h8-13,16-19,21,30-32,35-38,40,51,53,57H,14-15,20,22-24H2,1-7H3,(H,48,52);1-2H3/t30-,31-,32+,35+,36+,37+,38-,40-,44+,45-,46+;/m0./s1. The zero-order valence-electron chi connectivity index (χ0n) is 38.0. The molecule has 348 valence electrons. The fourth-order valence-corrected chi connectivity index (χ4v) is 10.1. The van der Waals surface area contributed by atoms with Gasteiger partial charge in [0.1, 0.15) is 23.9 Å². The molecule has 2 aromatic rings. The minimum atomic E-state index is -2.38. The van der Waals surface area contributed by atoms with Crippen LogP contribution < -0.4 is 5.32 Å². The van der Waals surface area contributed by atoms with Gasteiger partial charge in [-0.05, 0) is 61.7 Å². The quantitative estimate of drug-likeness (QED) is 0.0722. The maximum absolute atomic E-state index is 15.5. The lowest BCUT2D eigenvalue weighted by Crippen LogP contribution is -2.82. The summed E-state index contributed by atoms with van der Waals surface area (Å²) in [7, 11) is 1.62. The van der Waals surface area contributed by atoms with Crippen LogP contribution in [-0.4, -0.2) is 119 Å². The van der Waals surface area contributed by atoms with Crippen LogP contribution in [0.15, 0.2) is 76.8 Å². The number of nitrogens with one attached hydrogen (secondary N) is 1. The Balaban J connectivity index is 0.00000380. The second-order valence-electron chi connectivity index (χ2n) is 17.4. The molecule has 0 spiro atoms. The SMILES string of the molecule is CC.CN=CCCCC(=O)N[C@H](c1ccccc1)[C@@H](O)C(=O)O[C@H]1C[C@@]2(O)[C@@H](OC(=O)c3ccccc3)[C@@H]3[C@]4(OC(C)=O)CO[C@@H]4C[C@H](O)[C@@]3(C)C(=O)[C@H](OC(C)=O)C(=C1C)C2(C)C. The Morgan fingerprint density at radius 2 is 1.58 bits per heavy atom. The normalized spacial score (nSPS) is 31.2. The summed E-state index contributed by atoms with van der Waals surface area (Å²) in [4.78, 5) is 87.0. The molecule has 3 fully saturated rings. The average Bonchev–Trinajstić information content (AvgIpc) is 3.26. The summed E-state index contributed by atoms with van der Waals surface area (Å²) >= 11 is 0. The number of amides is 1. The van der Waals surface area contributed by atoms with Crippen molar-refractivity contribution in [2.24, 2.45) is 21.7 Å². The number of aliphatic hydroxyl groups excluding tert-OH is 2. The van der Waals surface area contributed by atoms with Gasteiger partial charge in [-0.25, -0.2) is 9.59 Å². The Labute approximate surface area is 373 Å². The zero-order chi connectivity index (χ0) is 47.4. The van der Waals surface area contributed by atoms with Crippen LogP contribution in [-0.2, 0) is 47.7 Å². The number of hydrogen-bond acceptors (Lipinski definition) is 15. The van der Waals surface area contributed by atoms with E-state index in [1.54, 1.807) is 75.6 Å². The Bertz CT molecular complexity index is 2120. The van der Waals surface area contributed by atoms with Crippen molar-refractivity contribution in [3.63, 3.8) is 0 Å². The van der Waals surface area contributed by atoms with Gasteiger partial charge < -0.3 is 49.3 Å². The lowest BCUT2D eigenvalue weighted by molar-refractivity contribution is -0.346. The van der Waals surface area contributed by atoms with Crippen LogP contribution in [0.3, 0.4) is 0 Å². The van der Waals surface area contributed by atoms with E-state index in [-0.39, 0.29) is 36.2 Å². The molecular formula is C48H62N2O14. The van der Waals surface area contributed by atoms with Gasteiger partial charge in [0.05, 0.1) is 35.6 Å². The molecule has 4 N–H and O–H groups in total. The molecule has 16 nitrogen and oxygen atoms in total. The van der Waals surface area contributed by atoms with Crippen LogP contribution in [0.2, 0.25) is 0 Å². The van der Waals surface area contributed by atoms with Crippen molar-refractivity contribution in [3.05, 3.63) is 82.9 Å². The predicted octanol–water partition coefficient (Wildman–Crippen LogP) is 4.32. The minimum Gasteiger partial charge on any atom is -0.456 e. The van der Waals surface area contributed by atoms with Crippen molar-refractivity contribution in [1.82, 2.24) is 5.32 Å². The molecule has 11 atom stereocenters. The van der Waals surface area contributed by atoms with Crippen molar-refractivity contribution >= 4 is 41.8 Å². The molecule has 4 aliphatic rings. The highest BCUT2D eigenvalue weighted by Gasteiger charge is 2.78. The maximum atomic E-state index is 15.5. The zero-order valence-corrected chi connectivity index (χ0v) is 38.0. The third-order valence-corrected chi connectivity index (χ3v) is 13.4. The van der Waals surface area contributed by atoms with E-state index in [9.17, 15) is 39.3 Å². The van der Waals surface area contributed by atoms with E-state index in [0.717, 1.165) is 13.8 Å². The molecule has 2 bridgehead atoms. The van der Waals surface area contributed by atoms with Gasteiger partial charge in [-0.1, -0.05) is 76.2 Å². The summed E-state index contributed by atoms with van der Waals surface area (Å²) in [5, 5.41) is 40.2. The van der Waals surface area contributed by atoms with E-state index in [2.05, 4.69) is 10.3 Å². The average molecular weight is 891 g/mol. The van der Waals surface area contributed by atoms with Crippen LogP contribution >= 0.6 is 0 Å². The first kappa shape index (κ1) is 49.7. The van der Waals surface area contributed by atoms with E-state index >= 15 is 4.79 Å². The number of esters is 4. The summed E-state index contributed by atoms with van der Waals surface area (Å²) in [6.07, 6.45) is -7.71. The summed E-state index contributed by atoms with van der Waals surface area (Å²) in [6, 6.07) is 14.9. The minimum absolute atomic E-state index is 0.00317. The number of fused-ring (bicyclic) bond motifs is 5. The third kappa shape index (κ3) is 9.02. The number of aliphatic imine (C=N–C) groups is 1. The van der Waals surface area contributed by atoms with Gasteiger partial charge >= 0.3 is 23.9 Å².